The van der Waals surface area contributed by atoms with Crippen LogP contribution in [0.4, 0.5) is 0 Å². The Kier molecular flexibility index (Phi) is 4.60. The molecule has 1 heterocycles. The standard InChI is InChI=1S/C14H19BrO2/c1-12-7-14(10-15,17-8-12)11-16-9-13-5-3-2-4-6-13/h2-6,12H,7-11H2,1H3. The second-order valence-corrected chi connectivity index (χ2v) is 5.48. The first-order chi connectivity index (χ1) is 8.24. The smallest absolute Gasteiger partial charge is 0.101 e. The second-order valence-electron chi connectivity index (χ2n) is 4.92. The highest BCUT2D eigenvalue weighted by Gasteiger charge is 2.38. The van der Waals surface area contributed by atoms with E-state index in [0.29, 0.717) is 19.1 Å². The first-order valence-electron chi connectivity index (χ1n) is 6.06. The number of rotatable bonds is 5. The Morgan fingerprint density at radius 1 is 1.41 bits per heavy atom. The van der Waals surface area contributed by atoms with Crippen LogP contribution in [0.3, 0.4) is 0 Å². The maximum Gasteiger partial charge on any atom is 0.101 e. The van der Waals surface area contributed by atoms with E-state index in [-0.39, 0.29) is 5.60 Å². The van der Waals surface area contributed by atoms with Crippen LogP contribution in [0.25, 0.3) is 0 Å². The van der Waals surface area contributed by atoms with Crippen LogP contribution in [0.1, 0.15) is 18.9 Å². The van der Waals surface area contributed by atoms with Crippen LogP contribution in [-0.2, 0) is 16.1 Å². The molecule has 0 N–H and O–H groups in total. The van der Waals surface area contributed by atoms with Crippen LogP contribution < -0.4 is 0 Å². The van der Waals surface area contributed by atoms with Crippen molar-refractivity contribution in [3.05, 3.63) is 35.9 Å². The van der Waals surface area contributed by atoms with Crippen molar-refractivity contribution in [1.82, 2.24) is 0 Å². The van der Waals surface area contributed by atoms with Crippen LogP contribution in [-0.4, -0.2) is 24.1 Å². The van der Waals surface area contributed by atoms with Crippen molar-refractivity contribution >= 4 is 15.9 Å². The summed E-state index contributed by atoms with van der Waals surface area (Å²) in [4.78, 5) is 0. The molecule has 0 bridgehead atoms. The highest BCUT2D eigenvalue weighted by atomic mass is 79.9. The molecule has 1 aliphatic heterocycles. The summed E-state index contributed by atoms with van der Waals surface area (Å²) < 4.78 is 11.7. The van der Waals surface area contributed by atoms with Gasteiger partial charge >= 0.3 is 0 Å². The van der Waals surface area contributed by atoms with Gasteiger partial charge in [0.25, 0.3) is 0 Å². The van der Waals surface area contributed by atoms with Crippen molar-refractivity contribution in [3.8, 4) is 0 Å². The third kappa shape index (κ3) is 3.54. The first-order valence-corrected chi connectivity index (χ1v) is 7.18. The number of ether oxygens (including phenoxy) is 2. The zero-order valence-electron chi connectivity index (χ0n) is 10.2. The van der Waals surface area contributed by atoms with E-state index in [0.717, 1.165) is 18.4 Å². The molecule has 17 heavy (non-hydrogen) atoms. The van der Waals surface area contributed by atoms with Gasteiger partial charge in [0.05, 0.1) is 19.8 Å². The van der Waals surface area contributed by atoms with E-state index in [9.17, 15) is 0 Å². The molecular weight excluding hydrogens is 280 g/mol. The molecule has 1 aromatic carbocycles. The molecule has 2 unspecified atom stereocenters. The average molecular weight is 299 g/mol. The highest BCUT2D eigenvalue weighted by Crippen LogP contribution is 2.32. The Morgan fingerprint density at radius 2 is 2.18 bits per heavy atom. The molecule has 0 spiro atoms. The molecule has 1 fully saturated rings. The van der Waals surface area contributed by atoms with Crippen LogP contribution in [0.15, 0.2) is 30.3 Å². The summed E-state index contributed by atoms with van der Waals surface area (Å²) in [6, 6.07) is 10.3. The van der Waals surface area contributed by atoms with Crippen molar-refractivity contribution in [1.29, 1.82) is 0 Å². The molecule has 0 aliphatic carbocycles. The fourth-order valence-corrected chi connectivity index (χ4v) is 2.79. The second kappa shape index (κ2) is 5.98. The van der Waals surface area contributed by atoms with Gasteiger partial charge in [-0.15, -0.1) is 0 Å². The van der Waals surface area contributed by atoms with Crippen LogP contribution in [0.2, 0.25) is 0 Å². The van der Waals surface area contributed by atoms with Gasteiger partial charge in [0.15, 0.2) is 0 Å². The summed E-state index contributed by atoms with van der Waals surface area (Å²) in [5.41, 5.74) is 1.09. The van der Waals surface area contributed by atoms with E-state index in [4.69, 9.17) is 9.47 Å². The lowest BCUT2D eigenvalue weighted by molar-refractivity contribution is -0.0522. The summed E-state index contributed by atoms with van der Waals surface area (Å²) in [5.74, 6) is 0.632. The number of hydrogen-bond acceptors (Lipinski definition) is 2. The van der Waals surface area contributed by atoms with E-state index >= 15 is 0 Å². The number of alkyl halides is 1. The van der Waals surface area contributed by atoms with E-state index in [2.05, 4.69) is 35.0 Å². The molecule has 2 atom stereocenters. The predicted octanol–water partition coefficient (Wildman–Crippen LogP) is 3.39. The zero-order chi connectivity index (χ0) is 12.1. The van der Waals surface area contributed by atoms with Gasteiger partial charge in [0.2, 0.25) is 0 Å². The van der Waals surface area contributed by atoms with Crippen molar-refractivity contribution in [3.63, 3.8) is 0 Å². The third-order valence-corrected chi connectivity index (χ3v) is 4.14. The third-order valence-electron chi connectivity index (χ3n) is 3.11. The van der Waals surface area contributed by atoms with E-state index in [1.54, 1.807) is 0 Å². The molecule has 1 aliphatic rings. The molecule has 1 aromatic rings. The Balaban J connectivity index is 1.81. The first kappa shape index (κ1) is 13.1. The summed E-state index contributed by atoms with van der Waals surface area (Å²) in [5, 5.41) is 0.846. The minimum absolute atomic E-state index is 0.117. The Labute approximate surface area is 111 Å². The molecule has 2 nitrogen and oxygen atoms in total. The highest BCUT2D eigenvalue weighted by molar-refractivity contribution is 9.09. The fraction of sp³-hybridized carbons (Fsp3) is 0.571. The maximum absolute atomic E-state index is 5.87. The van der Waals surface area contributed by atoms with Crippen LogP contribution in [0.5, 0.6) is 0 Å². The average Bonchev–Trinajstić information content (AvgIpc) is 2.73. The molecule has 0 aromatic heterocycles. The van der Waals surface area contributed by atoms with Gasteiger partial charge in [-0.1, -0.05) is 53.2 Å². The Morgan fingerprint density at radius 3 is 2.76 bits per heavy atom. The van der Waals surface area contributed by atoms with Gasteiger partial charge in [-0.2, -0.15) is 0 Å². The molecule has 94 valence electrons. The Bertz CT molecular complexity index is 341. The number of benzene rings is 1. The molecule has 0 amide bonds. The lowest BCUT2D eigenvalue weighted by Crippen LogP contribution is -2.35. The molecule has 3 heteroatoms. The maximum atomic E-state index is 5.87. The van der Waals surface area contributed by atoms with Crippen molar-refractivity contribution in [2.75, 3.05) is 18.5 Å². The minimum atomic E-state index is -0.117. The lowest BCUT2D eigenvalue weighted by Gasteiger charge is -2.25. The van der Waals surface area contributed by atoms with Gasteiger partial charge in [-0.05, 0) is 17.9 Å². The Hall–Kier alpha value is -0.380. The quantitative estimate of drug-likeness (QED) is 0.776. The molecule has 0 radical (unpaired) electrons. The summed E-state index contributed by atoms with van der Waals surface area (Å²) >= 11 is 3.54. The van der Waals surface area contributed by atoms with Gasteiger partial charge in [0, 0.05) is 5.33 Å². The van der Waals surface area contributed by atoms with Gasteiger partial charge < -0.3 is 9.47 Å². The summed E-state index contributed by atoms with van der Waals surface area (Å²) in [6.07, 6.45) is 1.08. The normalized spacial score (nSPS) is 28.5. The molecule has 1 saturated heterocycles. The predicted molar refractivity (Wildman–Crippen MR) is 72.4 cm³/mol. The monoisotopic (exact) mass is 298 g/mol. The van der Waals surface area contributed by atoms with Gasteiger partial charge in [-0.25, -0.2) is 0 Å². The van der Waals surface area contributed by atoms with Crippen molar-refractivity contribution < 1.29 is 9.47 Å². The van der Waals surface area contributed by atoms with Crippen molar-refractivity contribution in [2.45, 2.75) is 25.6 Å². The van der Waals surface area contributed by atoms with Gasteiger partial charge in [0.1, 0.15) is 5.60 Å². The summed E-state index contributed by atoms with van der Waals surface area (Å²) in [6.45, 7) is 4.40. The van der Waals surface area contributed by atoms with E-state index < -0.39 is 0 Å². The van der Waals surface area contributed by atoms with Crippen LogP contribution >= 0.6 is 15.9 Å². The van der Waals surface area contributed by atoms with Gasteiger partial charge in [-0.3, -0.25) is 0 Å². The number of halogens is 1. The van der Waals surface area contributed by atoms with Crippen molar-refractivity contribution in [2.24, 2.45) is 5.92 Å². The zero-order valence-corrected chi connectivity index (χ0v) is 11.8. The van der Waals surface area contributed by atoms with Crippen LogP contribution in [0, 0.1) is 5.92 Å². The summed E-state index contributed by atoms with van der Waals surface area (Å²) in [7, 11) is 0. The molecule has 2 rings (SSSR count). The minimum Gasteiger partial charge on any atom is -0.374 e. The van der Waals surface area contributed by atoms with E-state index in [1.807, 2.05) is 18.2 Å². The SMILES string of the molecule is CC1COC(CBr)(COCc2ccccc2)C1. The number of hydrogen-bond donors (Lipinski definition) is 0. The topological polar surface area (TPSA) is 18.5 Å². The lowest BCUT2D eigenvalue weighted by atomic mass is 9.98. The molecular formula is C14H19BrO2. The largest absolute Gasteiger partial charge is 0.374 e. The molecule has 0 saturated carbocycles. The van der Waals surface area contributed by atoms with E-state index in [1.165, 1.54) is 5.56 Å². The fourth-order valence-electron chi connectivity index (χ4n) is 2.23.